The summed E-state index contributed by atoms with van der Waals surface area (Å²) in [6.45, 7) is 10.4. The predicted octanol–water partition coefficient (Wildman–Crippen LogP) is 8.32. The molecule has 35 heavy (non-hydrogen) atoms. The summed E-state index contributed by atoms with van der Waals surface area (Å²) < 4.78 is 19.7. The monoisotopic (exact) mass is 484 g/mol. The predicted molar refractivity (Wildman–Crippen MR) is 141 cm³/mol. The molecule has 1 saturated heterocycles. The number of hydrogen-bond acceptors (Lipinski definition) is 3. The van der Waals surface area contributed by atoms with E-state index in [0.717, 1.165) is 24.7 Å². The number of rotatable bonds is 15. The van der Waals surface area contributed by atoms with Gasteiger partial charge < -0.3 is 4.74 Å². The van der Waals surface area contributed by atoms with Gasteiger partial charge in [-0.05, 0) is 37.5 Å². The number of halogens is 1. The van der Waals surface area contributed by atoms with Crippen LogP contribution < -0.4 is 0 Å². The maximum Gasteiger partial charge on any atom is 0.201 e. The minimum absolute atomic E-state index is 0.256. The van der Waals surface area contributed by atoms with Gasteiger partial charge in [-0.2, -0.15) is 0 Å². The fourth-order valence-corrected chi connectivity index (χ4v) is 5.67. The Balaban J connectivity index is 1.42. The molecule has 194 valence electrons. The summed E-state index contributed by atoms with van der Waals surface area (Å²) >= 11 is 0. The zero-order chi connectivity index (χ0) is 25.6. The van der Waals surface area contributed by atoms with E-state index in [1.54, 1.807) is 24.3 Å². The number of ketones is 2. The number of ether oxygens (including phenoxy) is 1. The fraction of sp³-hybridized carbons (Fsp3) is 0.677. The number of alkyl halides is 1. The van der Waals surface area contributed by atoms with Crippen LogP contribution in [0.5, 0.6) is 0 Å². The summed E-state index contributed by atoms with van der Waals surface area (Å²) in [7, 11) is 0. The highest BCUT2D eigenvalue weighted by Crippen LogP contribution is 2.58. The zero-order valence-electron chi connectivity index (χ0n) is 22.5. The van der Waals surface area contributed by atoms with E-state index in [4.69, 9.17) is 4.74 Å². The van der Waals surface area contributed by atoms with E-state index >= 15 is 0 Å². The van der Waals surface area contributed by atoms with E-state index in [1.165, 1.54) is 50.5 Å². The third kappa shape index (κ3) is 6.13. The van der Waals surface area contributed by atoms with Crippen LogP contribution in [-0.4, -0.2) is 29.4 Å². The zero-order valence-corrected chi connectivity index (χ0v) is 22.5. The lowest BCUT2D eigenvalue weighted by atomic mass is 9.73. The van der Waals surface area contributed by atoms with Crippen LogP contribution in [0, 0.1) is 17.8 Å². The molecule has 0 radical (unpaired) electrons. The van der Waals surface area contributed by atoms with Crippen molar-refractivity contribution in [2.24, 2.45) is 17.8 Å². The molecule has 1 aliphatic carbocycles. The Morgan fingerprint density at radius 3 is 1.91 bits per heavy atom. The van der Waals surface area contributed by atoms with Crippen LogP contribution in [0.4, 0.5) is 4.39 Å². The van der Waals surface area contributed by atoms with Gasteiger partial charge in [0.1, 0.15) is 6.67 Å². The van der Waals surface area contributed by atoms with Gasteiger partial charge in [-0.1, -0.05) is 109 Å². The molecule has 4 heteroatoms. The summed E-state index contributed by atoms with van der Waals surface area (Å²) in [6.07, 6.45) is 13.4. The van der Waals surface area contributed by atoms with Crippen LogP contribution in [-0.2, 0) is 4.74 Å². The lowest BCUT2D eigenvalue weighted by molar-refractivity contribution is 0.0821. The second kappa shape index (κ2) is 12.0. The first-order valence-electron chi connectivity index (χ1n) is 13.8. The van der Waals surface area contributed by atoms with Crippen molar-refractivity contribution in [3.8, 4) is 0 Å². The summed E-state index contributed by atoms with van der Waals surface area (Å²) in [5.74, 6) is 1.69. The quantitative estimate of drug-likeness (QED) is 0.186. The molecule has 1 aromatic carbocycles. The summed E-state index contributed by atoms with van der Waals surface area (Å²) in [4.78, 5) is 26.1. The maximum atomic E-state index is 14.0. The van der Waals surface area contributed by atoms with E-state index in [-0.39, 0.29) is 17.8 Å². The highest BCUT2D eigenvalue weighted by molar-refractivity contribution is 6.25. The molecule has 4 atom stereocenters. The van der Waals surface area contributed by atoms with Crippen molar-refractivity contribution in [2.75, 3.05) is 6.67 Å². The standard InChI is InChI=1S/C31H45FO3/c1-22(2)11-8-12-23(3)13-9-14-24(4)15-10-16-25(5)19-20-30-28(33)26-17-6-7-18-27(26)29(34)31(30,21-32)35-30/h6-7,17-19,22-24H,8-16,20-21H2,1-5H3/b25-19+. The van der Waals surface area contributed by atoms with Crippen molar-refractivity contribution in [3.63, 3.8) is 0 Å². The summed E-state index contributed by atoms with van der Waals surface area (Å²) in [5, 5.41) is 0. The van der Waals surface area contributed by atoms with Crippen molar-refractivity contribution in [2.45, 2.75) is 110 Å². The molecule has 0 amide bonds. The lowest BCUT2D eigenvalue weighted by Crippen LogP contribution is -2.46. The number of allylic oxidation sites excluding steroid dienone is 1. The molecule has 3 nitrogen and oxygen atoms in total. The molecular formula is C31H45FO3. The van der Waals surface area contributed by atoms with Crippen LogP contribution in [0.3, 0.4) is 0 Å². The number of benzene rings is 1. The lowest BCUT2D eigenvalue weighted by Gasteiger charge is -2.22. The molecule has 1 heterocycles. The number of Topliss-reactive ketones (excluding diaryl/α,β-unsaturated/α-hetero) is 2. The van der Waals surface area contributed by atoms with Crippen LogP contribution >= 0.6 is 0 Å². The number of fused-ring (bicyclic) bond motifs is 2. The normalized spacial score (nSPS) is 25.4. The maximum absolute atomic E-state index is 14.0. The van der Waals surface area contributed by atoms with Crippen molar-refractivity contribution in [3.05, 3.63) is 47.0 Å². The SMILES string of the molecule is C/C(=C\CC12OC1(CF)C(=O)c1ccccc1C2=O)CCCC(C)CCCC(C)CCCC(C)C. The minimum atomic E-state index is -1.63. The average Bonchev–Trinajstić information content (AvgIpc) is 3.52. The average molecular weight is 485 g/mol. The number of hydrogen-bond donors (Lipinski definition) is 0. The van der Waals surface area contributed by atoms with Gasteiger partial charge in [-0.15, -0.1) is 0 Å². The second-order valence-electron chi connectivity index (χ2n) is 11.7. The van der Waals surface area contributed by atoms with Gasteiger partial charge in [0.15, 0.2) is 17.0 Å². The third-order valence-corrected chi connectivity index (χ3v) is 8.18. The summed E-state index contributed by atoms with van der Waals surface area (Å²) in [6, 6.07) is 6.67. The highest BCUT2D eigenvalue weighted by Gasteiger charge is 2.80. The first-order valence-corrected chi connectivity index (χ1v) is 13.8. The van der Waals surface area contributed by atoms with Crippen LogP contribution in [0.15, 0.2) is 35.9 Å². The van der Waals surface area contributed by atoms with Gasteiger partial charge in [0.25, 0.3) is 0 Å². The number of epoxide rings is 1. The highest BCUT2D eigenvalue weighted by atomic mass is 19.1. The second-order valence-corrected chi connectivity index (χ2v) is 11.7. The van der Waals surface area contributed by atoms with E-state index < -0.39 is 23.7 Å². The number of carbonyl (C=O) groups excluding carboxylic acids is 2. The fourth-order valence-electron chi connectivity index (χ4n) is 5.67. The molecule has 0 bridgehead atoms. The van der Waals surface area contributed by atoms with Crippen LogP contribution in [0.2, 0.25) is 0 Å². The molecule has 3 rings (SSSR count). The van der Waals surface area contributed by atoms with Gasteiger partial charge >= 0.3 is 0 Å². The van der Waals surface area contributed by atoms with Gasteiger partial charge in [-0.25, -0.2) is 4.39 Å². The van der Waals surface area contributed by atoms with E-state index in [1.807, 2.05) is 6.08 Å². The van der Waals surface area contributed by atoms with E-state index in [9.17, 15) is 14.0 Å². The Hall–Kier alpha value is -1.81. The molecule has 4 unspecified atom stereocenters. The van der Waals surface area contributed by atoms with E-state index in [2.05, 4.69) is 34.6 Å². The molecular weight excluding hydrogens is 439 g/mol. The van der Waals surface area contributed by atoms with Gasteiger partial charge in [-0.3, -0.25) is 9.59 Å². The van der Waals surface area contributed by atoms with Crippen LogP contribution in [0.25, 0.3) is 0 Å². The molecule has 1 aliphatic heterocycles. The third-order valence-electron chi connectivity index (χ3n) is 8.18. The topological polar surface area (TPSA) is 46.7 Å². The Bertz CT molecular complexity index is 920. The molecule has 0 spiro atoms. The Kier molecular flexibility index (Phi) is 9.48. The smallest absolute Gasteiger partial charge is 0.201 e. The first-order chi connectivity index (χ1) is 16.7. The number of carbonyl (C=O) groups is 2. The Morgan fingerprint density at radius 1 is 0.857 bits per heavy atom. The van der Waals surface area contributed by atoms with Gasteiger partial charge in [0, 0.05) is 17.5 Å². The van der Waals surface area contributed by atoms with Crippen molar-refractivity contribution in [1.29, 1.82) is 0 Å². The minimum Gasteiger partial charge on any atom is -0.342 e. The molecule has 1 fully saturated rings. The molecule has 1 aromatic rings. The molecule has 0 aromatic heterocycles. The molecule has 2 aliphatic rings. The van der Waals surface area contributed by atoms with E-state index in [0.29, 0.717) is 11.5 Å². The largest absolute Gasteiger partial charge is 0.342 e. The van der Waals surface area contributed by atoms with Crippen molar-refractivity contribution >= 4 is 11.6 Å². The Morgan fingerprint density at radius 2 is 1.37 bits per heavy atom. The molecule has 0 N–H and O–H groups in total. The van der Waals surface area contributed by atoms with Crippen molar-refractivity contribution in [1.82, 2.24) is 0 Å². The first kappa shape index (κ1) is 27.8. The van der Waals surface area contributed by atoms with Gasteiger partial charge in [0.05, 0.1) is 0 Å². The van der Waals surface area contributed by atoms with Crippen LogP contribution in [0.1, 0.15) is 120 Å². The van der Waals surface area contributed by atoms with Gasteiger partial charge in [0.2, 0.25) is 5.78 Å². The Labute approximate surface area is 211 Å². The van der Waals surface area contributed by atoms with Crippen molar-refractivity contribution < 1.29 is 18.7 Å². The summed E-state index contributed by atoms with van der Waals surface area (Å²) in [5.41, 5.74) is -1.19. The molecule has 0 saturated carbocycles.